The lowest BCUT2D eigenvalue weighted by Gasteiger charge is -2.30. The first-order valence-corrected chi connectivity index (χ1v) is 14.4. The van der Waals surface area contributed by atoms with Gasteiger partial charge in [-0.15, -0.1) is 12.4 Å². The molecule has 0 unspecified atom stereocenters. The fourth-order valence-electron chi connectivity index (χ4n) is 5.36. The van der Waals surface area contributed by atoms with Crippen molar-refractivity contribution >= 4 is 53.1 Å². The topological polar surface area (TPSA) is 73.9 Å². The maximum atomic E-state index is 13.7. The molecule has 41 heavy (non-hydrogen) atoms. The minimum atomic E-state index is -0.171. The molecule has 10 heteroatoms. The van der Waals surface area contributed by atoms with Gasteiger partial charge < -0.3 is 25.2 Å². The van der Waals surface area contributed by atoms with Gasteiger partial charge in [-0.2, -0.15) is 0 Å². The standard InChI is InChI=1S/C31H34Cl2N4O3.ClH/c1-36(26-15-21-5-2-3-6-22(21)16-26)31(39)20-37(19-30(38)35-18-25-7-4-14-34-25)28-17-24(33)10-13-29(28)40-27-11-8-23(32)9-12-27;/h2-3,5-6,8-13,17,25-26,34H,4,7,14-16,18-20H2,1H3,(H,35,38);1H/t25-;/m1./s1. The Morgan fingerprint density at radius 2 is 1.66 bits per heavy atom. The summed E-state index contributed by atoms with van der Waals surface area (Å²) in [6, 6.07) is 20.9. The van der Waals surface area contributed by atoms with Gasteiger partial charge in [0.25, 0.3) is 0 Å². The van der Waals surface area contributed by atoms with Crippen LogP contribution in [0.25, 0.3) is 0 Å². The third-order valence-electron chi connectivity index (χ3n) is 7.64. The van der Waals surface area contributed by atoms with Gasteiger partial charge in [-0.25, -0.2) is 0 Å². The molecule has 1 heterocycles. The van der Waals surface area contributed by atoms with Gasteiger partial charge in [-0.05, 0) is 85.8 Å². The summed E-state index contributed by atoms with van der Waals surface area (Å²) in [5.74, 6) is 0.813. The van der Waals surface area contributed by atoms with E-state index in [1.165, 1.54) is 11.1 Å². The summed E-state index contributed by atoms with van der Waals surface area (Å²) in [6.07, 6.45) is 3.77. The van der Waals surface area contributed by atoms with E-state index in [-0.39, 0.29) is 49.4 Å². The molecule has 1 aliphatic carbocycles. The second kappa shape index (κ2) is 14.3. The van der Waals surface area contributed by atoms with E-state index >= 15 is 0 Å². The van der Waals surface area contributed by atoms with Crippen molar-refractivity contribution in [1.82, 2.24) is 15.5 Å². The Labute approximate surface area is 257 Å². The van der Waals surface area contributed by atoms with Crippen LogP contribution in [-0.4, -0.2) is 62.0 Å². The number of anilines is 1. The van der Waals surface area contributed by atoms with Gasteiger partial charge in [0.1, 0.15) is 5.75 Å². The van der Waals surface area contributed by atoms with Crippen molar-refractivity contribution in [2.45, 2.75) is 37.8 Å². The number of rotatable bonds is 10. The van der Waals surface area contributed by atoms with Crippen LogP contribution in [0.1, 0.15) is 24.0 Å². The largest absolute Gasteiger partial charge is 0.455 e. The van der Waals surface area contributed by atoms with E-state index in [4.69, 9.17) is 27.9 Å². The molecule has 1 saturated heterocycles. The number of nitrogens with one attached hydrogen (secondary N) is 2. The molecule has 3 aromatic rings. The first kappa shape index (κ1) is 31.0. The lowest BCUT2D eigenvalue weighted by molar-refractivity contribution is -0.130. The molecule has 0 bridgehead atoms. The van der Waals surface area contributed by atoms with Crippen molar-refractivity contribution in [2.24, 2.45) is 0 Å². The van der Waals surface area contributed by atoms with Crippen molar-refractivity contribution in [3.63, 3.8) is 0 Å². The van der Waals surface area contributed by atoms with Crippen LogP contribution in [0.4, 0.5) is 5.69 Å². The Morgan fingerprint density at radius 1 is 0.976 bits per heavy atom. The molecule has 0 spiro atoms. The van der Waals surface area contributed by atoms with Gasteiger partial charge >= 0.3 is 0 Å². The number of amides is 2. The lowest BCUT2D eigenvalue weighted by Crippen LogP contribution is -2.47. The van der Waals surface area contributed by atoms with E-state index < -0.39 is 0 Å². The van der Waals surface area contributed by atoms with Gasteiger partial charge in [0, 0.05) is 35.7 Å². The van der Waals surface area contributed by atoms with E-state index in [9.17, 15) is 9.59 Å². The molecule has 1 aliphatic heterocycles. The molecule has 3 aromatic carbocycles. The van der Waals surface area contributed by atoms with E-state index in [1.54, 1.807) is 52.3 Å². The fourth-order valence-corrected chi connectivity index (χ4v) is 5.66. The number of carbonyl (C=O) groups is 2. The minimum absolute atomic E-state index is 0. The van der Waals surface area contributed by atoms with Crippen LogP contribution in [0, 0.1) is 0 Å². The highest BCUT2D eigenvalue weighted by Crippen LogP contribution is 2.35. The molecule has 5 rings (SSSR count). The SMILES string of the molecule is CN(C(=O)CN(CC(=O)NC[C@H]1CCCN1)c1cc(Cl)ccc1Oc1ccc(Cl)cc1)C1Cc2ccccc2C1.Cl. The third-order valence-corrected chi connectivity index (χ3v) is 8.13. The predicted octanol–water partition coefficient (Wildman–Crippen LogP) is 5.51. The van der Waals surface area contributed by atoms with Crippen LogP contribution in [0.2, 0.25) is 10.0 Å². The molecular formula is C31H35Cl3N4O3. The maximum absolute atomic E-state index is 13.7. The highest BCUT2D eigenvalue weighted by atomic mass is 35.5. The average molecular weight is 618 g/mol. The van der Waals surface area contributed by atoms with Crippen LogP contribution >= 0.6 is 35.6 Å². The zero-order valence-electron chi connectivity index (χ0n) is 22.9. The molecule has 218 valence electrons. The summed E-state index contributed by atoms with van der Waals surface area (Å²) in [7, 11) is 1.84. The maximum Gasteiger partial charge on any atom is 0.242 e. The minimum Gasteiger partial charge on any atom is -0.455 e. The van der Waals surface area contributed by atoms with Crippen LogP contribution in [0.15, 0.2) is 66.7 Å². The summed E-state index contributed by atoms with van der Waals surface area (Å²) in [5.41, 5.74) is 3.11. The van der Waals surface area contributed by atoms with Crippen LogP contribution in [-0.2, 0) is 22.4 Å². The van der Waals surface area contributed by atoms with Gasteiger partial charge in [0.2, 0.25) is 11.8 Å². The van der Waals surface area contributed by atoms with E-state index in [0.29, 0.717) is 33.8 Å². The first-order chi connectivity index (χ1) is 19.4. The number of likely N-dealkylation sites (N-methyl/N-ethyl adjacent to an activating group) is 1. The molecule has 2 amide bonds. The molecule has 1 atom stereocenters. The number of carbonyl (C=O) groups excluding carboxylic acids is 2. The Morgan fingerprint density at radius 3 is 2.32 bits per heavy atom. The molecular weight excluding hydrogens is 583 g/mol. The third kappa shape index (κ3) is 8.07. The van der Waals surface area contributed by atoms with Gasteiger partial charge in [0.05, 0.1) is 18.8 Å². The number of ether oxygens (including phenoxy) is 1. The molecule has 0 radical (unpaired) electrons. The number of hydrogen-bond acceptors (Lipinski definition) is 5. The summed E-state index contributed by atoms with van der Waals surface area (Å²) >= 11 is 12.5. The highest BCUT2D eigenvalue weighted by Gasteiger charge is 2.29. The molecule has 7 nitrogen and oxygen atoms in total. The first-order valence-electron chi connectivity index (χ1n) is 13.7. The van der Waals surface area contributed by atoms with Gasteiger partial charge in [-0.3, -0.25) is 9.59 Å². The second-order valence-electron chi connectivity index (χ2n) is 10.5. The Bertz CT molecular complexity index is 1320. The highest BCUT2D eigenvalue weighted by molar-refractivity contribution is 6.31. The van der Waals surface area contributed by atoms with Crippen molar-refractivity contribution in [1.29, 1.82) is 0 Å². The molecule has 2 N–H and O–H groups in total. The van der Waals surface area contributed by atoms with E-state index in [2.05, 4.69) is 22.8 Å². The van der Waals surface area contributed by atoms with Crippen molar-refractivity contribution in [3.05, 3.63) is 87.9 Å². The predicted molar refractivity (Wildman–Crippen MR) is 167 cm³/mol. The van der Waals surface area contributed by atoms with E-state index in [1.807, 2.05) is 19.2 Å². The number of halogens is 3. The van der Waals surface area contributed by atoms with Gasteiger partial charge in [-0.1, -0.05) is 47.5 Å². The molecule has 0 aromatic heterocycles. The van der Waals surface area contributed by atoms with Crippen LogP contribution in [0.5, 0.6) is 11.5 Å². The number of fused-ring (bicyclic) bond motifs is 1. The molecule has 2 aliphatic rings. The quantitative estimate of drug-likeness (QED) is 0.314. The van der Waals surface area contributed by atoms with Crippen LogP contribution < -0.4 is 20.3 Å². The fraction of sp³-hybridized carbons (Fsp3) is 0.355. The average Bonchev–Trinajstić information content (AvgIpc) is 3.63. The van der Waals surface area contributed by atoms with Crippen molar-refractivity contribution in [3.8, 4) is 11.5 Å². The smallest absolute Gasteiger partial charge is 0.242 e. The van der Waals surface area contributed by atoms with Crippen LogP contribution in [0.3, 0.4) is 0 Å². The Kier molecular flexibility index (Phi) is 10.8. The van der Waals surface area contributed by atoms with Gasteiger partial charge in [0.15, 0.2) is 5.75 Å². The summed E-state index contributed by atoms with van der Waals surface area (Å²) < 4.78 is 6.18. The monoisotopic (exact) mass is 616 g/mol. The zero-order chi connectivity index (χ0) is 28.1. The second-order valence-corrected chi connectivity index (χ2v) is 11.3. The molecule has 0 saturated carbocycles. The summed E-state index contributed by atoms with van der Waals surface area (Å²) in [6.45, 7) is 1.49. The number of hydrogen-bond donors (Lipinski definition) is 2. The Balaban J connectivity index is 0.00000387. The van der Waals surface area contributed by atoms with Crippen molar-refractivity contribution < 1.29 is 14.3 Å². The molecule has 1 fully saturated rings. The lowest BCUT2D eigenvalue weighted by atomic mass is 10.1. The van der Waals surface area contributed by atoms with E-state index in [0.717, 1.165) is 32.2 Å². The number of benzene rings is 3. The Hall–Kier alpha value is -2.97. The zero-order valence-corrected chi connectivity index (χ0v) is 25.3. The summed E-state index contributed by atoms with van der Waals surface area (Å²) in [5, 5.41) is 7.50. The van der Waals surface area contributed by atoms with Crippen molar-refractivity contribution in [2.75, 3.05) is 38.1 Å². The number of nitrogens with zero attached hydrogens (tertiary/aromatic N) is 2. The normalized spacial score (nSPS) is 16.0. The summed E-state index contributed by atoms with van der Waals surface area (Å²) in [4.78, 5) is 30.3.